The largest absolute Gasteiger partial charge is 0.490 e. The van der Waals surface area contributed by atoms with E-state index in [-0.39, 0.29) is 5.91 Å². The fraction of sp³-hybridized carbons (Fsp3) is 0.350. The summed E-state index contributed by atoms with van der Waals surface area (Å²) in [6.07, 6.45) is 1.64. The molecule has 2 aromatic carbocycles. The summed E-state index contributed by atoms with van der Waals surface area (Å²) in [7, 11) is 3.92. The summed E-state index contributed by atoms with van der Waals surface area (Å²) in [5.74, 6) is 1.53. The number of anilines is 1. The van der Waals surface area contributed by atoms with Crippen molar-refractivity contribution in [1.29, 1.82) is 0 Å². The van der Waals surface area contributed by atoms with Gasteiger partial charge >= 0.3 is 0 Å². The van der Waals surface area contributed by atoms with Crippen LogP contribution >= 0.6 is 0 Å². The highest BCUT2D eigenvalue weighted by Gasteiger charge is 2.11. The van der Waals surface area contributed by atoms with Gasteiger partial charge in [0.15, 0.2) is 11.5 Å². The Kier molecular flexibility index (Phi) is 5.43. The maximum absolute atomic E-state index is 12.3. The second-order valence-electron chi connectivity index (χ2n) is 6.28. The van der Waals surface area contributed by atoms with Gasteiger partial charge in [0.25, 0.3) is 5.91 Å². The van der Waals surface area contributed by atoms with E-state index in [1.165, 1.54) is 0 Å². The molecular formula is C20H24N2O3. The summed E-state index contributed by atoms with van der Waals surface area (Å²) in [5, 5.41) is 2.98. The topological polar surface area (TPSA) is 50.8 Å². The predicted octanol–water partition coefficient (Wildman–Crippen LogP) is 2.89. The van der Waals surface area contributed by atoms with Crippen molar-refractivity contribution in [2.45, 2.75) is 12.8 Å². The molecule has 0 saturated carbocycles. The van der Waals surface area contributed by atoms with E-state index in [4.69, 9.17) is 9.47 Å². The Labute approximate surface area is 148 Å². The van der Waals surface area contributed by atoms with E-state index in [1.807, 2.05) is 61.5 Å². The standard InChI is InChI=1S/C20H24N2O3/c1-22(2)17-6-3-5-16(14-17)20(23)21-10-9-15-7-8-18-19(13-15)25-12-4-11-24-18/h3,5-8,13-14H,4,9-12H2,1-2H3,(H,21,23). The zero-order chi connectivity index (χ0) is 17.6. The normalized spacial score (nSPS) is 13.0. The molecule has 1 N–H and O–H groups in total. The minimum Gasteiger partial charge on any atom is -0.490 e. The van der Waals surface area contributed by atoms with Crippen molar-refractivity contribution >= 4 is 11.6 Å². The Morgan fingerprint density at radius 3 is 2.68 bits per heavy atom. The zero-order valence-corrected chi connectivity index (χ0v) is 14.7. The predicted molar refractivity (Wildman–Crippen MR) is 98.9 cm³/mol. The lowest BCUT2D eigenvalue weighted by atomic mass is 10.1. The molecule has 5 heteroatoms. The number of hydrogen-bond acceptors (Lipinski definition) is 4. The Bertz CT molecular complexity index is 743. The first kappa shape index (κ1) is 17.1. The van der Waals surface area contributed by atoms with Gasteiger partial charge < -0.3 is 19.7 Å². The molecule has 0 unspecified atom stereocenters. The van der Waals surface area contributed by atoms with Crippen LogP contribution in [0.15, 0.2) is 42.5 Å². The Balaban J connectivity index is 1.57. The third kappa shape index (κ3) is 4.44. The Hall–Kier alpha value is -2.69. The van der Waals surface area contributed by atoms with Crippen LogP contribution in [0.1, 0.15) is 22.3 Å². The van der Waals surface area contributed by atoms with Crippen molar-refractivity contribution in [1.82, 2.24) is 5.32 Å². The average molecular weight is 340 g/mol. The number of benzene rings is 2. The lowest BCUT2D eigenvalue weighted by Gasteiger charge is -2.13. The van der Waals surface area contributed by atoms with Gasteiger partial charge in [-0.15, -0.1) is 0 Å². The fourth-order valence-electron chi connectivity index (χ4n) is 2.71. The van der Waals surface area contributed by atoms with Crippen LogP contribution in [0.3, 0.4) is 0 Å². The molecule has 2 aromatic rings. The van der Waals surface area contributed by atoms with E-state index < -0.39 is 0 Å². The number of amides is 1. The van der Waals surface area contributed by atoms with Crippen LogP contribution in [0, 0.1) is 0 Å². The number of carbonyl (C=O) groups is 1. The molecule has 5 nitrogen and oxygen atoms in total. The van der Waals surface area contributed by atoms with Gasteiger partial charge in [0.05, 0.1) is 13.2 Å². The molecule has 0 bridgehead atoms. The van der Waals surface area contributed by atoms with Gasteiger partial charge in [-0.3, -0.25) is 4.79 Å². The van der Waals surface area contributed by atoms with Crippen LogP contribution in [0.25, 0.3) is 0 Å². The van der Waals surface area contributed by atoms with Crippen LogP contribution < -0.4 is 19.7 Å². The second kappa shape index (κ2) is 7.92. The molecule has 3 rings (SSSR count). The van der Waals surface area contributed by atoms with Gasteiger partial charge in [-0.2, -0.15) is 0 Å². The SMILES string of the molecule is CN(C)c1cccc(C(=O)NCCc2ccc3c(c2)OCCCO3)c1. The van der Waals surface area contributed by atoms with Crippen LogP contribution in [0.4, 0.5) is 5.69 Å². The zero-order valence-electron chi connectivity index (χ0n) is 14.7. The molecule has 0 radical (unpaired) electrons. The van der Waals surface area contributed by atoms with E-state index in [9.17, 15) is 4.79 Å². The molecule has 0 saturated heterocycles. The Morgan fingerprint density at radius 1 is 1.08 bits per heavy atom. The van der Waals surface area contributed by atoms with Gasteiger partial charge in [-0.05, 0) is 42.3 Å². The fourth-order valence-corrected chi connectivity index (χ4v) is 2.71. The van der Waals surface area contributed by atoms with Gasteiger partial charge in [-0.1, -0.05) is 12.1 Å². The Morgan fingerprint density at radius 2 is 1.88 bits per heavy atom. The monoisotopic (exact) mass is 340 g/mol. The number of rotatable bonds is 5. The molecule has 1 aliphatic heterocycles. The van der Waals surface area contributed by atoms with E-state index in [0.29, 0.717) is 25.3 Å². The number of carbonyl (C=O) groups excluding carboxylic acids is 1. The maximum Gasteiger partial charge on any atom is 0.251 e. The number of ether oxygens (including phenoxy) is 2. The highest BCUT2D eigenvalue weighted by Crippen LogP contribution is 2.30. The molecule has 0 fully saturated rings. The van der Waals surface area contributed by atoms with Gasteiger partial charge in [0.2, 0.25) is 0 Å². The number of hydrogen-bond donors (Lipinski definition) is 1. The van der Waals surface area contributed by atoms with Crippen LogP contribution in [0.2, 0.25) is 0 Å². The van der Waals surface area contributed by atoms with Crippen molar-refractivity contribution in [2.24, 2.45) is 0 Å². The lowest BCUT2D eigenvalue weighted by molar-refractivity contribution is 0.0954. The quantitative estimate of drug-likeness (QED) is 0.909. The molecule has 1 heterocycles. The van der Waals surface area contributed by atoms with Crippen LogP contribution in [-0.2, 0) is 6.42 Å². The first-order chi connectivity index (χ1) is 12.1. The number of fused-ring (bicyclic) bond motifs is 1. The minimum atomic E-state index is -0.0574. The first-order valence-electron chi connectivity index (χ1n) is 8.57. The van der Waals surface area contributed by atoms with E-state index in [1.54, 1.807) is 0 Å². The van der Waals surface area contributed by atoms with Crippen molar-refractivity contribution in [3.05, 3.63) is 53.6 Å². The highest BCUT2D eigenvalue weighted by molar-refractivity contribution is 5.95. The molecular weight excluding hydrogens is 316 g/mol. The van der Waals surface area contributed by atoms with Crippen molar-refractivity contribution in [3.8, 4) is 11.5 Å². The lowest BCUT2D eigenvalue weighted by Crippen LogP contribution is -2.26. The van der Waals surface area contributed by atoms with Gasteiger partial charge in [0.1, 0.15) is 0 Å². The molecule has 0 spiro atoms. The molecule has 0 aliphatic carbocycles. The minimum absolute atomic E-state index is 0.0574. The highest BCUT2D eigenvalue weighted by atomic mass is 16.5. The van der Waals surface area contributed by atoms with Gasteiger partial charge in [0, 0.05) is 38.3 Å². The molecule has 1 aliphatic rings. The van der Waals surface area contributed by atoms with Crippen molar-refractivity contribution in [2.75, 3.05) is 38.8 Å². The second-order valence-corrected chi connectivity index (χ2v) is 6.28. The summed E-state index contributed by atoms with van der Waals surface area (Å²) < 4.78 is 11.3. The summed E-state index contributed by atoms with van der Waals surface area (Å²) in [4.78, 5) is 14.3. The number of nitrogens with zero attached hydrogens (tertiary/aromatic N) is 1. The molecule has 1 amide bonds. The molecule has 132 valence electrons. The summed E-state index contributed by atoms with van der Waals surface area (Å²) >= 11 is 0. The maximum atomic E-state index is 12.3. The smallest absolute Gasteiger partial charge is 0.251 e. The first-order valence-corrected chi connectivity index (χ1v) is 8.57. The van der Waals surface area contributed by atoms with Crippen molar-refractivity contribution < 1.29 is 14.3 Å². The molecule has 25 heavy (non-hydrogen) atoms. The number of nitrogens with one attached hydrogen (secondary N) is 1. The third-order valence-corrected chi connectivity index (χ3v) is 4.14. The average Bonchev–Trinajstić information content (AvgIpc) is 2.86. The van der Waals surface area contributed by atoms with E-state index in [2.05, 4.69) is 5.32 Å². The van der Waals surface area contributed by atoms with Crippen LogP contribution in [-0.4, -0.2) is 39.8 Å². The van der Waals surface area contributed by atoms with Crippen LogP contribution in [0.5, 0.6) is 11.5 Å². The van der Waals surface area contributed by atoms with E-state index >= 15 is 0 Å². The summed E-state index contributed by atoms with van der Waals surface area (Å²) in [6, 6.07) is 13.6. The summed E-state index contributed by atoms with van der Waals surface area (Å²) in [5.41, 5.74) is 2.80. The van der Waals surface area contributed by atoms with Gasteiger partial charge in [-0.25, -0.2) is 0 Å². The van der Waals surface area contributed by atoms with E-state index in [0.717, 1.165) is 35.6 Å². The van der Waals surface area contributed by atoms with Crippen molar-refractivity contribution in [3.63, 3.8) is 0 Å². The summed E-state index contributed by atoms with van der Waals surface area (Å²) in [6.45, 7) is 1.94. The molecule has 0 aromatic heterocycles. The molecule has 0 atom stereocenters. The third-order valence-electron chi connectivity index (χ3n) is 4.14.